The van der Waals surface area contributed by atoms with E-state index in [0.29, 0.717) is 12.2 Å². The van der Waals surface area contributed by atoms with Crippen LogP contribution in [-0.4, -0.2) is 23.5 Å². The van der Waals surface area contributed by atoms with Crippen molar-refractivity contribution in [2.75, 3.05) is 12.4 Å². The van der Waals surface area contributed by atoms with Gasteiger partial charge >= 0.3 is 0 Å². The van der Waals surface area contributed by atoms with Crippen LogP contribution >= 0.6 is 12.6 Å². The molecule has 0 aromatic heterocycles. The van der Waals surface area contributed by atoms with Crippen molar-refractivity contribution in [2.24, 2.45) is 5.73 Å². The van der Waals surface area contributed by atoms with Gasteiger partial charge in [-0.1, -0.05) is 0 Å². The molecule has 0 amide bonds. The molecule has 0 aliphatic heterocycles. The molecule has 1 atom stereocenters. The fourth-order valence-corrected chi connectivity index (χ4v) is 0.440. The Balaban J connectivity index is 2.83. The number of nitrogens with two attached hydrogens (primary N) is 1. The van der Waals surface area contributed by atoms with Crippen molar-refractivity contribution < 1.29 is 5.11 Å². The highest BCUT2D eigenvalue weighted by atomic mass is 32.1. The highest BCUT2D eigenvalue weighted by Gasteiger charge is 1.94. The van der Waals surface area contributed by atoms with Crippen LogP contribution in [0.4, 0.5) is 0 Å². The van der Waals surface area contributed by atoms with E-state index in [1.54, 1.807) is 0 Å². The lowest BCUT2D eigenvalue weighted by Gasteiger charge is -2.02. The Morgan fingerprint density at radius 2 is 2.29 bits per heavy atom. The van der Waals surface area contributed by atoms with Gasteiger partial charge in [-0.25, -0.2) is 0 Å². The summed E-state index contributed by atoms with van der Waals surface area (Å²) in [6.45, 7) is 0.168. The number of rotatable bonds is 3. The minimum absolute atomic E-state index is 0.0633. The van der Waals surface area contributed by atoms with Gasteiger partial charge in [0.1, 0.15) is 0 Å². The molecule has 0 heterocycles. The van der Waals surface area contributed by atoms with Gasteiger partial charge in [0.05, 0.1) is 0 Å². The maximum absolute atomic E-state index is 8.25. The largest absolute Gasteiger partial charge is 0.396 e. The molecule has 0 aliphatic rings. The van der Waals surface area contributed by atoms with E-state index in [4.69, 9.17) is 10.8 Å². The summed E-state index contributed by atoms with van der Waals surface area (Å²) in [7, 11) is 0. The molecule has 0 aromatic rings. The van der Waals surface area contributed by atoms with Gasteiger partial charge in [-0.2, -0.15) is 12.6 Å². The fraction of sp³-hybridized carbons (Fsp3) is 1.00. The lowest BCUT2D eigenvalue weighted by molar-refractivity contribution is 0.280. The van der Waals surface area contributed by atoms with Gasteiger partial charge in [-0.05, 0) is 6.42 Å². The minimum atomic E-state index is 0.0633. The second kappa shape index (κ2) is 4.43. The van der Waals surface area contributed by atoms with Gasteiger partial charge < -0.3 is 10.8 Å². The SMILES string of the molecule is N[C@H](CS)CCO. The van der Waals surface area contributed by atoms with Gasteiger partial charge in [0.25, 0.3) is 0 Å². The predicted octanol–water partition coefficient (Wildman–Crippen LogP) is -0.374. The van der Waals surface area contributed by atoms with Crippen LogP contribution in [0, 0.1) is 0 Å². The van der Waals surface area contributed by atoms with Crippen LogP contribution in [-0.2, 0) is 0 Å². The summed E-state index contributed by atoms with van der Waals surface area (Å²) < 4.78 is 0. The molecule has 0 fully saturated rings. The molecule has 0 spiro atoms. The molecule has 0 unspecified atom stereocenters. The lowest BCUT2D eigenvalue weighted by Crippen LogP contribution is -2.22. The topological polar surface area (TPSA) is 46.2 Å². The van der Waals surface area contributed by atoms with Crippen molar-refractivity contribution in [3.63, 3.8) is 0 Å². The highest BCUT2D eigenvalue weighted by Crippen LogP contribution is 1.87. The molecule has 0 saturated carbocycles. The Morgan fingerprint density at radius 1 is 1.71 bits per heavy atom. The smallest absolute Gasteiger partial charge is 0.0446 e. The summed E-state index contributed by atoms with van der Waals surface area (Å²) in [4.78, 5) is 0. The first kappa shape index (κ1) is 7.27. The number of hydrogen-bond donors (Lipinski definition) is 3. The van der Waals surface area contributed by atoms with Gasteiger partial charge in [-0.3, -0.25) is 0 Å². The van der Waals surface area contributed by atoms with Crippen molar-refractivity contribution in [3.8, 4) is 0 Å². The zero-order valence-electron chi connectivity index (χ0n) is 4.17. The number of aliphatic hydroxyl groups excluding tert-OH is 1. The van der Waals surface area contributed by atoms with Crippen LogP contribution in [0.5, 0.6) is 0 Å². The van der Waals surface area contributed by atoms with Gasteiger partial charge in [-0.15, -0.1) is 0 Å². The summed E-state index contributed by atoms with van der Waals surface area (Å²) in [5.74, 6) is 0.653. The Kier molecular flexibility index (Phi) is 4.60. The molecule has 0 aromatic carbocycles. The van der Waals surface area contributed by atoms with E-state index in [2.05, 4.69) is 12.6 Å². The third-order valence-electron chi connectivity index (χ3n) is 0.734. The molecule has 2 nitrogen and oxygen atoms in total. The molecule has 0 bridgehead atoms. The summed E-state index contributed by atoms with van der Waals surface area (Å²) >= 11 is 3.91. The van der Waals surface area contributed by atoms with Crippen LogP contribution in [0.25, 0.3) is 0 Å². The van der Waals surface area contributed by atoms with E-state index in [9.17, 15) is 0 Å². The monoisotopic (exact) mass is 121 g/mol. The molecule has 44 valence electrons. The molecular weight excluding hydrogens is 110 g/mol. The van der Waals surface area contributed by atoms with E-state index in [0.717, 1.165) is 0 Å². The van der Waals surface area contributed by atoms with Crippen LogP contribution < -0.4 is 5.73 Å². The lowest BCUT2D eigenvalue weighted by atomic mass is 10.3. The van der Waals surface area contributed by atoms with Crippen LogP contribution in [0.1, 0.15) is 6.42 Å². The first-order valence-electron chi connectivity index (χ1n) is 2.28. The first-order chi connectivity index (χ1) is 3.31. The Labute approximate surface area is 49.1 Å². The van der Waals surface area contributed by atoms with Gasteiger partial charge in [0.2, 0.25) is 0 Å². The van der Waals surface area contributed by atoms with Gasteiger partial charge in [0.15, 0.2) is 0 Å². The number of thiol groups is 1. The Hall–Kier alpha value is 0.270. The normalized spacial score (nSPS) is 14.1. The Bertz CT molecular complexity index is 42.7. The summed E-state index contributed by atoms with van der Waals surface area (Å²) in [6, 6.07) is 0.0633. The van der Waals surface area contributed by atoms with Gasteiger partial charge in [0, 0.05) is 18.4 Å². The van der Waals surface area contributed by atoms with E-state index in [-0.39, 0.29) is 12.6 Å². The fourth-order valence-electron chi connectivity index (χ4n) is 0.257. The molecule has 0 aliphatic carbocycles. The maximum Gasteiger partial charge on any atom is 0.0446 e. The first-order valence-corrected chi connectivity index (χ1v) is 2.91. The minimum Gasteiger partial charge on any atom is -0.396 e. The molecule has 0 saturated heterocycles. The number of hydrogen-bond acceptors (Lipinski definition) is 3. The highest BCUT2D eigenvalue weighted by molar-refractivity contribution is 7.80. The summed E-state index contributed by atoms with van der Waals surface area (Å²) in [5.41, 5.74) is 5.35. The maximum atomic E-state index is 8.25. The summed E-state index contributed by atoms with van der Waals surface area (Å²) in [5, 5.41) is 8.25. The quantitative estimate of drug-likeness (QED) is 0.446. The van der Waals surface area contributed by atoms with Crippen molar-refractivity contribution in [3.05, 3.63) is 0 Å². The van der Waals surface area contributed by atoms with E-state index in [1.807, 2.05) is 0 Å². The van der Waals surface area contributed by atoms with Crippen LogP contribution in [0.3, 0.4) is 0 Å². The molecule has 3 heteroatoms. The molecule has 0 radical (unpaired) electrons. The van der Waals surface area contributed by atoms with Crippen molar-refractivity contribution in [2.45, 2.75) is 12.5 Å². The third-order valence-corrected chi connectivity index (χ3v) is 1.20. The second-order valence-electron chi connectivity index (χ2n) is 1.45. The zero-order valence-corrected chi connectivity index (χ0v) is 5.06. The average molecular weight is 121 g/mol. The van der Waals surface area contributed by atoms with Crippen molar-refractivity contribution >= 4 is 12.6 Å². The number of aliphatic hydroxyl groups is 1. The molecule has 3 N–H and O–H groups in total. The van der Waals surface area contributed by atoms with Crippen molar-refractivity contribution in [1.82, 2.24) is 0 Å². The third kappa shape index (κ3) is 4.12. The van der Waals surface area contributed by atoms with E-state index >= 15 is 0 Å². The van der Waals surface area contributed by atoms with E-state index in [1.165, 1.54) is 0 Å². The van der Waals surface area contributed by atoms with Crippen LogP contribution in [0.15, 0.2) is 0 Å². The molecule has 0 rings (SSSR count). The van der Waals surface area contributed by atoms with Crippen molar-refractivity contribution in [1.29, 1.82) is 0 Å². The average Bonchev–Trinajstić information content (AvgIpc) is 1.68. The second-order valence-corrected chi connectivity index (χ2v) is 1.82. The Morgan fingerprint density at radius 3 is 2.43 bits per heavy atom. The predicted molar refractivity (Wildman–Crippen MR) is 33.5 cm³/mol. The zero-order chi connectivity index (χ0) is 5.70. The standard InChI is InChI=1S/C4H11NOS/c5-4(3-7)1-2-6/h4,6-7H,1-3,5H2/t4-/m0/s1. The summed E-state index contributed by atoms with van der Waals surface area (Å²) in [6.07, 6.45) is 0.656. The molecule has 7 heavy (non-hydrogen) atoms. The van der Waals surface area contributed by atoms with E-state index < -0.39 is 0 Å². The van der Waals surface area contributed by atoms with Crippen LogP contribution in [0.2, 0.25) is 0 Å². The molecular formula is C4H11NOS.